The van der Waals surface area contributed by atoms with Crippen molar-refractivity contribution < 1.29 is 24.0 Å². The number of piperidine rings is 1. The van der Waals surface area contributed by atoms with Gasteiger partial charge in [-0.2, -0.15) is 0 Å². The van der Waals surface area contributed by atoms with Crippen molar-refractivity contribution in [1.29, 1.82) is 0 Å². The Labute approximate surface area is 215 Å². The van der Waals surface area contributed by atoms with Crippen LogP contribution >= 0.6 is 0 Å². The van der Waals surface area contributed by atoms with E-state index in [1.165, 1.54) is 18.7 Å². The van der Waals surface area contributed by atoms with Crippen molar-refractivity contribution >= 4 is 17.6 Å². The van der Waals surface area contributed by atoms with Crippen molar-refractivity contribution in [3.63, 3.8) is 0 Å². The van der Waals surface area contributed by atoms with Gasteiger partial charge in [-0.15, -0.1) is 0 Å². The summed E-state index contributed by atoms with van der Waals surface area (Å²) in [4.78, 5) is 40.2. The zero-order chi connectivity index (χ0) is 26.5. The minimum absolute atomic E-state index is 0.142. The third-order valence-corrected chi connectivity index (χ3v) is 6.82. The molecule has 2 aromatic rings. The molecule has 0 spiro atoms. The highest BCUT2D eigenvalue weighted by atomic mass is 16.6. The lowest BCUT2D eigenvalue weighted by Gasteiger charge is -2.34. The Morgan fingerprint density at radius 2 is 1.68 bits per heavy atom. The van der Waals surface area contributed by atoms with E-state index in [0.717, 1.165) is 19.5 Å². The lowest BCUT2D eigenvalue weighted by atomic mass is 9.79. The summed E-state index contributed by atoms with van der Waals surface area (Å²) in [6, 6.07) is 16.2. The Morgan fingerprint density at radius 1 is 1.03 bits per heavy atom. The molecule has 1 saturated heterocycles. The first kappa shape index (κ1) is 26.1. The molecule has 0 saturated carbocycles. The number of likely N-dealkylation sites (tertiary alicyclic amines) is 1. The number of dihydropyridines is 1. The highest BCUT2D eigenvalue weighted by Crippen LogP contribution is 2.42. The van der Waals surface area contributed by atoms with Crippen LogP contribution in [0.3, 0.4) is 0 Å². The molecule has 2 aliphatic heterocycles. The van der Waals surface area contributed by atoms with Crippen LogP contribution in [0, 0.1) is 10.1 Å². The normalized spacial score (nSPS) is 20.3. The smallest absolute Gasteiger partial charge is 0.337 e. The maximum absolute atomic E-state index is 13.7. The molecule has 9 nitrogen and oxygen atoms in total. The molecule has 1 N–H and O–H groups in total. The molecule has 37 heavy (non-hydrogen) atoms. The Balaban J connectivity index is 1.64. The molecular formula is C28H31N3O6. The number of nitro benzene ring substituents is 1. The molecule has 0 bridgehead atoms. The molecule has 0 unspecified atom stereocenters. The van der Waals surface area contributed by atoms with Gasteiger partial charge in [0.25, 0.3) is 5.69 Å². The first-order valence-corrected chi connectivity index (χ1v) is 12.3. The molecule has 0 aromatic heterocycles. The van der Waals surface area contributed by atoms with Crippen molar-refractivity contribution in [1.82, 2.24) is 10.2 Å². The number of rotatable bonds is 7. The van der Waals surface area contributed by atoms with Gasteiger partial charge >= 0.3 is 11.9 Å². The predicted molar refractivity (Wildman–Crippen MR) is 137 cm³/mol. The second-order valence-corrected chi connectivity index (χ2v) is 9.33. The molecule has 2 aliphatic rings. The summed E-state index contributed by atoms with van der Waals surface area (Å²) in [6.45, 7) is 5.63. The van der Waals surface area contributed by atoms with E-state index in [-0.39, 0.29) is 28.5 Å². The number of nitrogens with zero attached hydrogens (tertiary/aromatic N) is 2. The van der Waals surface area contributed by atoms with Crippen molar-refractivity contribution in [2.45, 2.75) is 45.3 Å². The van der Waals surface area contributed by atoms with E-state index in [2.05, 4.69) is 22.3 Å². The molecule has 194 valence electrons. The summed E-state index contributed by atoms with van der Waals surface area (Å²) in [5, 5.41) is 15.0. The fraction of sp³-hybridized carbons (Fsp3) is 0.357. The van der Waals surface area contributed by atoms with Crippen molar-refractivity contribution in [3.8, 4) is 0 Å². The van der Waals surface area contributed by atoms with Crippen molar-refractivity contribution in [2.75, 3.05) is 20.2 Å². The number of nitro groups is 1. The van der Waals surface area contributed by atoms with Crippen LogP contribution in [0.2, 0.25) is 0 Å². The molecule has 2 heterocycles. The summed E-state index contributed by atoms with van der Waals surface area (Å²) >= 11 is 0. The lowest BCUT2D eigenvalue weighted by molar-refractivity contribution is -0.385. The standard InChI is InChI=1S/C28H31N3O6/c1-18-24(27(32)36-3)26(22-13-7-8-14-23(22)31(34)35)25(19(2)29-18)28(33)37-21-12-9-15-30(17-21)16-20-10-5-4-6-11-20/h4-8,10-11,13-14,21,26,29H,9,12,15-17H2,1-3H3/t21-,26-/m1/s1. The Hall–Kier alpha value is -3.98. The van der Waals surface area contributed by atoms with Crippen molar-refractivity contribution in [2.24, 2.45) is 0 Å². The number of ether oxygens (including phenoxy) is 2. The van der Waals surface area contributed by atoms with Crippen LogP contribution in [-0.4, -0.2) is 48.1 Å². The number of carbonyl (C=O) groups excluding carboxylic acids is 2. The summed E-state index contributed by atoms with van der Waals surface area (Å²) < 4.78 is 11.0. The topological polar surface area (TPSA) is 111 Å². The van der Waals surface area contributed by atoms with Gasteiger partial charge in [-0.25, -0.2) is 9.59 Å². The number of allylic oxidation sites excluding steroid dienone is 2. The SMILES string of the molecule is COC(=O)C1=C(C)NC(C)=C(C(=O)O[C@@H]2CCCN(Cc3ccccc3)C2)[C@@H]1c1ccccc1[N+](=O)[O-]. The average molecular weight is 506 g/mol. The summed E-state index contributed by atoms with van der Waals surface area (Å²) in [7, 11) is 1.24. The fourth-order valence-corrected chi connectivity index (χ4v) is 5.16. The summed E-state index contributed by atoms with van der Waals surface area (Å²) in [5.74, 6) is -2.28. The molecule has 0 amide bonds. The number of hydrogen-bond donors (Lipinski definition) is 1. The van der Waals surface area contributed by atoms with Gasteiger partial charge < -0.3 is 14.8 Å². The van der Waals surface area contributed by atoms with E-state index in [1.54, 1.807) is 32.0 Å². The second-order valence-electron chi connectivity index (χ2n) is 9.33. The number of hydrogen-bond acceptors (Lipinski definition) is 8. The average Bonchev–Trinajstić information content (AvgIpc) is 2.88. The highest BCUT2D eigenvalue weighted by molar-refractivity contribution is 6.00. The van der Waals surface area contributed by atoms with E-state index >= 15 is 0 Å². The Morgan fingerprint density at radius 3 is 2.35 bits per heavy atom. The van der Waals surface area contributed by atoms with Gasteiger partial charge in [0, 0.05) is 36.1 Å². The molecule has 2 atom stereocenters. The van der Waals surface area contributed by atoms with E-state index in [1.807, 2.05) is 18.2 Å². The van der Waals surface area contributed by atoms with Gasteiger partial charge in [-0.1, -0.05) is 48.5 Å². The maximum Gasteiger partial charge on any atom is 0.337 e. The molecule has 0 radical (unpaired) electrons. The zero-order valence-corrected chi connectivity index (χ0v) is 21.2. The molecule has 4 rings (SSSR count). The van der Waals surface area contributed by atoms with Crippen LogP contribution in [0.1, 0.15) is 43.7 Å². The number of methoxy groups -OCH3 is 1. The third-order valence-electron chi connectivity index (χ3n) is 6.82. The largest absolute Gasteiger partial charge is 0.466 e. The number of carbonyl (C=O) groups is 2. The van der Waals surface area contributed by atoms with Crippen LogP contribution in [0.25, 0.3) is 0 Å². The number of esters is 2. The zero-order valence-electron chi connectivity index (χ0n) is 21.2. The first-order valence-electron chi connectivity index (χ1n) is 12.3. The first-order chi connectivity index (χ1) is 17.8. The van der Waals surface area contributed by atoms with Crippen LogP contribution in [0.5, 0.6) is 0 Å². The third kappa shape index (κ3) is 5.72. The number of para-hydroxylation sites is 1. The van der Waals surface area contributed by atoms with Gasteiger partial charge in [0.2, 0.25) is 0 Å². The van der Waals surface area contributed by atoms with Crippen molar-refractivity contribution in [3.05, 3.63) is 98.4 Å². The lowest BCUT2D eigenvalue weighted by Crippen LogP contribution is -2.41. The van der Waals surface area contributed by atoms with Crippen LogP contribution < -0.4 is 5.32 Å². The minimum Gasteiger partial charge on any atom is -0.466 e. The monoisotopic (exact) mass is 505 g/mol. The van der Waals surface area contributed by atoms with Gasteiger partial charge in [0.15, 0.2) is 0 Å². The Bertz CT molecular complexity index is 1250. The van der Waals surface area contributed by atoms with Gasteiger partial charge in [0.05, 0.1) is 29.1 Å². The maximum atomic E-state index is 13.7. The van der Waals surface area contributed by atoms with Crippen LogP contribution in [-0.2, 0) is 25.6 Å². The molecule has 2 aromatic carbocycles. The van der Waals surface area contributed by atoms with E-state index in [4.69, 9.17) is 9.47 Å². The van der Waals surface area contributed by atoms with Crippen LogP contribution in [0.4, 0.5) is 5.69 Å². The minimum atomic E-state index is -1.01. The van der Waals surface area contributed by atoms with E-state index in [0.29, 0.717) is 24.4 Å². The summed E-state index contributed by atoms with van der Waals surface area (Å²) in [5.41, 5.74) is 2.49. The van der Waals surface area contributed by atoms with Crippen LogP contribution in [0.15, 0.2) is 77.1 Å². The van der Waals surface area contributed by atoms with E-state index < -0.39 is 22.8 Å². The quantitative estimate of drug-likeness (QED) is 0.338. The fourth-order valence-electron chi connectivity index (χ4n) is 5.16. The number of nitrogens with one attached hydrogen (secondary N) is 1. The van der Waals surface area contributed by atoms with E-state index in [9.17, 15) is 19.7 Å². The van der Waals surface area contributed by atoms with Gasteiger partial charge in [-0.05, 0) is 38.8 Å². The Kier molecular flexibility index (Phi) is 8.03. The van der Waals surface area contributed by atoms with Gasteiger partial charge in [0.1, 0.15) is 6.10 Å². The molecular weight excluding hydrogens is 474 g/mol. The second kappa shape index (κ2) is 11.4. The molecule has 9 heteroatoms. The highest BCUT2D eigenvalue weighted by Gasteiger charge is 2.41. The molecule has 1 fully saturated rings. The number of benzene rings is 2. The molecule has 0 aliphatic carbocycles. The summed E-state index contributed by atoms with van der Waals surface area (Å²) in [6.07, 6.45) is 1.25. The predicted octanol–water partition coefficient (Wildman–Crippen LogP) is 4.21. The van der Waals surface area contributed by atoms with Gasteiger partial charge in [-0.3, -0.25) is 15.0 Å².